The fourth-order valence-corrected chi connectivity index (χ4v) is 3.34. The molecule has 0 aromatic rings. The van der Waals surface area contributed by atoms with Crippen LogP contribution in [0.3, 0.4) is 0 Å². The lowest BCUT2D eigenvalue weighted by Gasteiger charge is -2.36. The van der Waals surface area contributed by atoms with E-state index in [0.29, 0.717) is 11.7 Å². The molecule has 0 radical (unpaired) electrons. The minimum atomic E-state index is -0.119. The maximum Gasteiger partial charge on any atom is 0.137 e. The number of nitrogens with zero attached hydrogens (tertiary/aromatic N) is 1. The molecule has 1 N–H and O–H groups in total. The van der Waals surface area contributed by atoms with Gasteiger partial charge in [-0.3, -0.25) is 4.79 Å². The highest BCUT2D eigenvalue weighted by Crippen LogP contribution is 2.32. The fourth-order valence-electron chi connectivity index (χ4n) is 3.34. The van der Waals surface area contributed by atoms with Gasteiger partial charge in [0, 0.05) is 32.0 Å². The molecule has 1 aliphatic heterocycles. The van der Waals surface area contributed by atoms with E-state index in [0.717, 1.165) is 57.7 Å². The van der Waals surface area contributed by atoms with Crippen molar-refractivity contribution < 1.29 is 9.90 Å². The van der Waals surface area contributed by atoms with Gasteiger partial charge in [-0.2, -0.15) is 0 Å². The van der Waals surface area contributed by atoms with Crippen LogP contribution in [0, 0.1) is 17.8 Å². The van der Waals surface area contributed by atoms with Crippen LogP contribution in [-0.4, -0.2) is 41.5 Å². The Morgan fingerprint density at radius 3 is 2.56 bits per heavy atom. The number of hydrogen-bond donors (Lipinski definition) is 1. The van der Waals surface area contributed by atoms with Crippen LogP contribution in [0.1, 0.15) is 46.0 Å². The summed E-state index contributed by atoms with van der Waals surface area (Å²) in [5.74, 6) is 2.14. The largest absolute Gasteiger partial charge is 0.393 e. The third-order valence-electron chi connectivity index (χ3n) is 4.78. The molecule has 1 saturated carbocycles. The van der Waals surface area contributed by atoms with Gasteiger partial charge in [-0.15, -0.1) is 0 Å². The van der Waals surface area contributed by atoms with Crippen LogP contribution >= 0.6 is 0 Å². The van der Waals surface area contributed by atoms with Gasteiger partial charge in [0.25, 0.3) is 0 Å². The van der Waals surface area contributed by atoms with Crippen LogP contribution in [0.15, 0.2) is 0 Å². The molecular weight excluding hydrogens is 226 g/mol. The van der Waals surface area contributed by atoms with Crippen LogP contribution in [0.2, 0.25) is 0 Å². The van der Waals surface area contributed by atoms with E-state index in [9.17, 15) is 9.90 Å². The minimum Gasteiger partial charge on any atom is -0.393 e. The Morgan fingerprint density at radius 2 is 1.94 bits per heavy atom. The summed E-state index contributed by atoms with van der Waals surface area (Å²) in [6.07, 6.45) is 4.57. The van der Waals surface area contributed by atoms with Crippen molar-refractivity contribution in [3.8, 4) is 0 Å². The van der Waals surface area contributed by atoms with Gasteiger partial charge in [0.1, 0.15) is 5.78 Å². The molecule has 18 heavy (non-hydrogen) atoms. The van der Waals surface area contributed by atoms with Gasteiger partial charge in [-0.1, -0.05) is 13.8 Å². The zero-order valence-corrected chi connectivity index (χ0v) is 11.8. The van der Waals surface area contributed by atoms with E-state index in [1.54, 1.807) is 0 Å². The topological polar surface area (TPSA) is 40.5 Å². The Hall–Kier alpha value is -0.410. The van der Waals surface area contributed by atoms with E-state index < -0.39 is 0 Å². The molecule has 2 unspecified atom stereocenters. The lowest BCUT2D eigenvalue weighted by atomic mass is 9.75. The molecule has 0 aromatic carbocycles. The lowest BCUT2D eigenvalue weighted by Crippen LogP contribution is -2.42. The van der Waals surface area contributed by atoms with Gasteiger partial charge >= 0.3 is 0 Å². The standard InChI is InChI=1S/C15H27NO2/c1-11(2)12-3-4-15(18)13(9-12)10-16-7-5-14(17)6-8-16/h11-14,17H,3-10H2,1-2H3. The average molecular weight is 253 g/mol. The zero-order chi connectivity index (χ0) is 13.1. The summed E-state index contributed by atoms with van der Waals surface area (Å²) >= 11 is 0. The first-order valence-corrected chi connectivity index (χ1v) is 7.49. The number of ketones is 1. The Kier molecular flexibility index (Phi) is 4.79. The van der Waals surface area contributed by atoms with Gasteiger partial charge < -0.3 is 10.0 Å². The Morgan fingerprint density at radius 1 is 1.28 bits per heavy atom. The van der Waals surface area contributed by atoms with Crippen molar-refractivity contribution in [1.82, 2.24) is 4.90 Å². The molecule has 0 spiro atoms. The van der Waals surface area contributed by atoms with E-state index in [-0.39, 0.29) is 12.0 Å². The number of piperidine rings is 1. The molecule has 3 heteroatoms. The highest BCUT2D eigenvalue weighted by Gasteiger charge is 2.32. The van der Waals surface area contributed by atoms with Crippen molar-refractivity contribution in [2.45, 2.75) is 52.1 Å². The summed E-state index contributed by atoms with van der Waals surface area (Å²) in [4.78, 5) is 14.4. The number of likely N-dealkylation sites (tertiary alicyclic amines) is 1. The van der Waals surface area contributed by atoms with Gasteiger partial charge in [0.05, 0.1) is 6.10 Å². The summed E-state index contributed by atoms with van der Waals surface area (Å²) in [5.41, 5.74) is 0. The van der Waals surface area contributed by atoms with E-state index in [4.69, 9.17) is 0 Å². The second-order valence-corrected chi connectivity index (χ2v) is 6.47. The van der Waals surface area contributed by atoms with E-state index >= 15 is 0 Å². The summed E-state index contributed by atoms with van der Waals surface area (Å²) in [6.45, 7) is 7.38. The predicted molar refractivity (Wildman–Crippen MR) is 72.4 cm³/mol. The smallest absolute Gasteiger partial charge is 0.137 e. The summed E-state index contributed by atoms with van der Waals surface area (Å²) < 4.78 is 0. The molecular formula is C15H27NO2. The number of carbonyl (C=O) groups excluding carboxylic acids is 1. The van der Waals surface area contributed by atoms with Crippen LogP contribution < -0.4 is 0 Å². The van der Waals surface area contributed by atoms with E-state index in [1.807, 2.05) is 0 Å². The summed E-state index contributed by atoms with van der Waals surface area (Å²) in [6, 6.07) is 0. The second-order valence-electron chi connectivity index (χ2n) is 6.47. The molecule has 0 bridgehead atoms. The SMILES string of the molecule is CC(C)C1CCC(=O)C(CN2CCC(O)CC2)C1. The summed E-state index contributed by atoms with van der Waals surface area (Å²) in [5, 5.41) is 9.51. The van der Waals surface area contributed by atoms with Gasteiger partial charge in [0.2, 0.25) is 0 Å². The molecule has 1 aliphatic carbocycles. The third kappa shape index (κ3) is 3.55. The first-order chi connectivity index (χ1) is 8.56. The maximum absolute atomic E-state index is 12.0. The van der Waals surface area contributed by atoms with Crippen molar-refractivity contribution in [3.05, 3.63) is 0 Å². The summed E-state index contributed by atoms with van der Waals surface area (Å²) in [7, 11) is 0. The maximum atomic E-state index is 12.0. The van der Waals surface area contributed by atoms with Crippen molar-refractivity contribution >= 4 is 5.78 Å². The van der Waals surface area contributed by atoms with Gasteiger partial charge in [-0.25, -0.2) is 0 Å². The van der Waals surface area contributed by atoms with Crippen LogP contribution in [0.5, 0.6) is 0 Å². The normalized spacial score (nSPS) is 32.1. The van der Waals surface area contributed by atoms with Gasteiger partial charge in [-0.05, 0) is 37.5 Å². The van der Waals surface area contributed by atoms with Crippen LogP contribution in [0.4, 0.5) is 0 Å². The lowest BCUT2D eigenvalue weighted by molar-refractivity contribution is -0.126. The van der Waals surface area contributed by atoms with Crippen molar-refractivity contribution in [1.29, 1.82) is 0 Å². The van der Waals surface area contributed by atoms with Crippen molar-refractivity contribution in [2.75, 3.05) is 19.6 Å². The Bertz CT molecular complexity index is 282. The molecule has 2 aliphatic rings. The second kappa shape index (κ2) is 6.16. The number of carbonyl (C=O) groups is 1. The van der Waals surface area contributed by atoms with Crippen molar-refractivity contribution in [3.63, 3.8) is 0 Å². The predicted octanol–water partition coefficient (Wildman–Crippen LogP) is 2.08. The molecule has 104 valence electrons. The number of Topliss-reactive ketones (excluding diaryl/α,β-unsaturated/α-hetero) is 1. The van der Waals surface area contributed by atoms with E-state index in [1.165, 1.54) is 0 Å². The first-order valence-electron chi connectivity index (χ1n) is 7.49. The number of hydrogen-bond acceptors (Lipinski definition) is 3. The minimum absolute atomic E-state index is 0.119. The Labute approximate surface area is 111 Å². The highest BCUT2D eigenvalue weighted by atomic mass is 16.3. The molecule has 2 rings (SSSR count). The molecule has 2 fully saturated rings. The molecule has 3 nitrogen and oxygen atoms in total. The third-order valence-corrected chi connectivity index (χ3v) is 4.78. The van der Waals surface area contributed by atoms with Gasteiger partial charge in [0.15, 0.2) is 0 Å². The fraction of sp³-hybridized carbons (Fsp3) is 0.933. The molecule has 1 saturated heterocycles. The van der Waals surface area contributed by atoms with E-state index in [2.05, 4.69) is 18.7 Å². The van der Waals surface area contributed by atoms with Crippen molar-refractivity contribution in [2.24, 2.45) is 17.8 Å². The molecule has 0 aromatic heterocycles. The number of aliphatic hydroxyl groups is 1. The molecule has 2 atom stereocenters. The quantitative estimate of drug-likeness (QED) is 0.837. The number of rotatable bonds is 3. The highest BCUT2D eigenvalue weighted by molar-refractivity contribution is 5.82. The van der Waals surface area contributed by atoms with Crippen LogP contribution in [0.25, 0.3) is 0 Å². The number of aliphatic hydroxyl groups excluding tert-OH is 1. The average Bonchev–Trinajstić information content (AvgIpc) is 2.34. The Balaban J connectivity index is 1.85. The molecule has 0 amide bonds. The monoisotopic (exact) mass is 253 g/mol. The van der Waals surface area contributed by atoms with Crippen LogP contribution in [-0.2, 0) is 4.79 Å². The molecule has 1 heterocycles. The first kappa shape index (κ1) is 14.0. The zero-order valence-electron chi connectivity index (χ0n) is 11.8.